The molecule has 1 aromatic rings. The Morgan fingerprint density at radius 1 is 1.35 bits per heavy atom. The number of ether oxygens (including phenoxy) is 1. The average molecular weight is 383 g/mol. The highest BCUT2D eigenvalue weighted by atomic mass is 32.2. The van der Waals surface area contributed by atoms with E-state index < -0.39 is 10.0 Å². The van der Waals surface area contributed by atoms with E-state index in [2.05, 4.69) is 6.92 Å². The molecule has 1 aliphatic rings. The molecule has 0 bridgehead atoms. The fraction of sp³-hybridized carbons (Fsp3) is 0.632. The second-order valence-corrected chi connectivity index (χ2v) is 9.21. The van der Waals surface area contributed by atoms with Crippen molar-refractivity contribution in [2.24, 2.45) is 5.92 Å². The lowest BCUT2D eigenvalue weighted by atomic mass is 10.00. The van der Waals surface area contributed by atoms with E-state index in [4.69, 9.17) is 4.74 Å². The van der Waals surface area contributed by atoms with Crippen LogP contribution in [-0.4, -0.2) is 51.2 Å². The van der Waals surface area contributed by atoms with Crippen molar-refractivity contribution < 1.29 is 17.9 Å². The summed E-state index contributed by atoms with van der Waals surface area (Å²) >= 11 is 0. The van der Waals surface area contributed by atoms with Crippen LogP contribution in [0.2, 0.25) is 0 Å². The molecule has 146 valence electrons. The quantitative estimate of drug-likeness (QED) is 0.727. The molecule has 0 aliphatic carbocycles. The van der Waals surface area contributed by atoms with E-state index in [1.807, 2.05) is 24.8 Å². The summed E-state index contributed by atoms with van der Waals surface area (Å²) in [6.07, 6.45) is 3.39. The fourth-order valence-electron chi connectivity index (χ4n) is 3.25. The van der Waals surface area contributed by atoms with Gasteiger partial charge in [-0.2, -0.15) is 0 Å². The summed E-state index contributed by atoms with van der Waals surface area (Å²) in [4.78, 5) is 14.4. The van der Waals surface area contributed by atoms with Crippen LogP contribution < -0.4 is 9.04 Å². The lowest BCUT2D eigenvalue weighted by Crippen LogP contribution is -2.41. The van der Waals surface area contributed by atoms with Gasteiger partial charge in [-0.05, 0) is 44.7 Å². The molecule has 2 rings (SSSR count). The lowest BCUT2D eigenvalue weighted by Gasteiger charge is -2.32. The molecule has 1 amide bonds. The molecule has 0 N–H and O–H groups in total. The molecule has 6 nitrogen and oxygen atoms in total. The fourth-order valence-corrected chi connectivity index (χ4v) is 4.18. The SMILES string of the molecule is CC1CCCN(C(=O)CCN(c2ccccc2OC(C)C)S(C)(=O)=O)C1. The molecule has 26 heavy (non-hydrogen) atoms. The predicted molar refractivity (Wildman–Crippen MR) is 104 cm³/mol. The van der Waals surface area contributed by atoms with Crippen molar-refractivity contribution in [3.63, 3.8) is 0 Å². The highest BCUT2D eigenvalue weighted by Crippen LogP contribution is 2.31. The molecule has 1 fully saturated rings. The summed E-state index contributed by atoms with van der Waals surface area (Å²) < 4.78 is 31.7. The Labute approximate surface area is 157 Å². The summed E-state index contributed by atoms with van der Waals surface area (Å²) in [5, 5.41) is 0. The summed E-state index contributed by atoms with van der Waals surface area (Å²) in [6, 6.07) is 7.05. The number of benzene rings is 1. The van der Waals surface area contributed by atoms with E-state index in [9.17, 15) is 13.2 Å². The highest BCUT2D eigenvalue weighted by Gasteiger charge is 2.25. The van der Waals surface area contributed by atoms with Gasteiger partial charge in [0.2, 0.25) is 15.9 Å². The zero-order chi connectivity index (χ0) is 19.3. The van der Waals surface area contributed by atoms with E-state index in [1.165, 1.54) is 4.31 Å². The van der Waals surface area contributed by atoms with Crippen LogP contribution in [0.3, 0.4) is 0 Å². The molecule has 1 unspecified atom stereocenters. The van der Waals surface area contributed by atoms with Gasteiger partial charge in [0.25, 0.3) is 0 Å². The van der Waals surface area contributed by atoms with Gasteiger partial charge in [-0.15, -0.1) is 0 Å². The molecule has 1 atom stereocenters. The molecule has 0 spiro atoms. The number of para-hydroxylation sites is 2. The third kappa shape index (κ3) is 5.62. The van der Waals surface area contributed by atoms with E-state index in [1.54, 1.807) is 18.2 Å². The van der Waals surface area contributed by atoms with Crippen LogP contribution in [0.25, 0.3) is 0 Å². The minimum Gasteiger partial charge on any atom is -0.489 e. The second-order valence-electron chi connectivity index (χ2n) is 7.31. The topological polar surface area (TPSA) is 66.9 Å². The number of rotatable bonds is 7. The number of hydrogen-bond acceptors (Lipinski definition) is 4. The third-order valence-electron chi connectivity index (χ3n) is 4.44. The first kappa shape index (κ1) is 20.6. The second kappa shape index (κ2) is 8.75. The molecule has 1 heterocycles. The number of carbonyl (C=O) groups is 1. The van der Waals surface area contributed by atoms with Crippen molar-refractivity contribution in [2.45, 2.75) is 46.1 Å². The molecule has 0 aromatic heterocycles. The van der Waals surface area contributed by atoms with Gasteiger partial charge in [0.1, 0.15) is 5.75 Å². The summed E-state index contributed by atoms with van der Waals surface area (Å²) in [7, 11) is -3.53. The lowest BCUT2D eigenvalue weighted by molar-refractivity contribution is -0.132. The average Bonchev–Trinajstić information content (AvgIpc) is 2.54. The number of likely N-dealkylation sites (tertiary alicyclic amines) is 1. The maximum absolute atomic E-state index is 12.5. The van der Waals surface area contributed by atoms with Crippen LogP contribution >= 0.6 is 0 Å². The smallest absolute Gasteiger partial charge is 0.232 e. The number of nitrogens with zero attached hydrogens (tertiary/aromatic N) is 2. The van der Waals surface area contributed by atoms with E-state index in [0.29, 0.717) is 17.4 Å². The van der Waals surface area contributed by atoms with Crippen LogP contribution in [0.1, 0.15) is 40.0 Å². The molecule has 1 aromatic carbocycles. The maximum atomic E-state index is 12.5. The normalized spacial score (nSPS) is 18.0. The van der Waals surface area contributed by atoms with Gasteiger partial charge < -0.3 is 9.64 Å². The summed E-state index contributed by atoms with van der Waals surface area (Å²) in [6.45, 7) is 7.55. The number of carbonyl (C=O) groups excluding carboxylic acids is 1. The molecule has 1 saturated heterocycles. The number of sulfonamides is 1. The number of anilines is 1. The van der Waals surface area contributed by atoms with Crippen molar-refractivity contribution in [2.75, 3.05) is 30.2 Å². The van der Waals surface area contributed by atoms with E-state index in [0.717, 1.165) is 32.2 Å². The minimum atomic E-state index is -3.53. The van der Waals surface area contributed by atoms with Gasteiger partial charge in [0, 0.05) is 26.1 Å². The van der Waals surface area contributed by atoms with Gasteiger partial charge >= 0.3 is 0 Å². The first-order chi connectivity index (χ1) is 12.2. The van der Waals surface area contributed by atoms with Gasteiger partial charge in [-0.3, -0.25) is 9.10 Å². The summed E-state index contributed by atoms with van der Waals surface area (Å²) in [5.41, 5.74) is 0.475. The number of amides is 1. The van der Waals surface area contributed by atoms with Crippen LogP contribution in [-0.2, 0) is 14.8 Å². The van der Waals surface area contributed by atoms with Crippen LogP contribution in [0.4, 0.5) is 5.69 Å². The molecular weight excluding hydrogens is 352 g/mol. The van der Waals surface area contributed by atoms with Crippen molar-refractivity contribution in [3.8, 4) is 5.75 Å². The molecule has 0 radical (unpaired) electrons. The van der Waals surface area contributed by atoms with E-state index >= 15 is 0 Å². The standard InChI is InChI=1S/C19H30N2O4S/c1-15(2)25-18-10-6-5-9-17(18)21(26(4,23)24)13-11-19(22)20-12-7-8-16(3)14-20/h5-6,9-10,15-16H,7-8,11-14H2,1-4H3. The van der Waals surface area contributed by atoms with Crippen molar-refractivity contribution >= 4 is 21.6 Å². The third-order valence-corrected chi connectivity index (χ3v) is 5.62. The van der Waals surface area contributed by atoms with E-state index in [-0.39, 0.29) is 25.0 Å². The van der Waals surface area contributed by atoms with Crippen molar-refractivity contribution in [1.29, 1.82) is 0 Å². The Morgan fingerprint density at radius 3 is 2.65 bits per heavy atom. The molecule has 0 saturated carbocycles. The zero-order valence-electron chi connectivity index (χ0n) is 16.1. The number of piperidine rings is 1. The summed E-state index contributed by atoms with van der Waals surface area (Å²) in [5.74, 6) is 1.01. The monoisotopic (exact) mass is 382 g/mol. The molecular formula is C19H30N2O4S. The van der Waals surface area contributed by atoms with Gasteiger partial charge in [0.15, 0.2) is 0 Å². The maximum Gasteiger partial charge on any atom is 0.232 e. The Hall–Kier alpha value is -1.76. The Balaban J connectivity index is 2.15. The van der Waals surface area contributed by atoms with Crippen LogP contribution in [0.5, 0.6) is 5.75 Å². The Kier molecular flexibility index (Phi) is 6.92. The first-order valence-electron chi connectivity index (χ1n) is 9.19. The predicted octanol–water partition coefficient (Wildman–Crippen LogP) is 2.89. The first-order valence-corrected chi connectivity index (χ1v) is 11.0. The molecule has 1 aliphatic heterocycles. The van der Waals surface area contributed by atoms with Crippen LogP contribution in [0.15, 0.2) is 24.3 Å². The highest BCUT2D eigenvalue weighted by molar-refractivity contribution is 7.92. The van der Waals surface area contributed by atoms with Crippen LogP contribution in [0, 0.1) is 5.92 Å². The zero-order valence-corrected chi connectivity index (χ0v) is 17.0. The van der Waals surface area contributed by atoms with Crippen molar-refractivity contribution in [1.82, 2.24) is 4.90 Å². The van der Waals surface area contributed by atoms with Crippen molar-refractivity contribution in [3.05, 3.63) is 24.3 Å². The van der Waals surface area contributed by atoms with Gasteiger partial charge in [0.05, 0.1) is 18.0 Å². The van der Waals surface area contributed by atoms with Gasteiger partial charge in [-0.25, -0.2) is 8.42 Å². The minimum absolute atomic E-state index is 0.00691. The Bertz CT molecular complexity index is 718. The molecule has 7 heteroatoms. The Morgan fingerprint density at radius 2 is 2.04 bits per heavy atom. The number of hydrogen-bond donors (Lipinski definition) is 0. The van der Waals surface area contributed by atoms with Gasteiger partial charge in [-0.1, -0.05) is 19.1 Å². The largest absolute Gasteiger partial charge is 0.489 e.